The van der Waals surface area contributed by atoms with Crippen LogP contribution < -0.4 is 4.90 Å². The molecule has 162 valence electrons. The Kier molecular flexibility index (Phi) is 5.94. The minimum atomic E-state index is -0.546. The van der Waals surface area contributed by atoms with Gasteiger partial charge in [0.1, 0.15) is 11.3 Å². The topological polar surface area (TPSA) is 60.9 Å². The molecule has 1 amide bonds. The molecular weight excluding hydrogens is 392 g/mol. The van der Waals surface area contributed by atoms with E-state index >= 15 is 0 Å². The third-order valence-electron chi connectivity index (χ3n) is 5.00. The second-order valence-electron chi connectivity index (χ2n) is 8.57. The minimum Gasteiger partial charge on any atom is -0.443 e. The van der Waals surface area contributed by atoms with Crippen LogP contribution in [0.25, 0.3) is 10.9 Å². The summed E-state index contributed by atoms with van der Waals surface area (Å²) in [6, 6.07) is 17.8. The molecule has 1 unspecified atom stereocenters. The summed E-state index contributed by atoms with van der Waals surface area (Å²) in [4.78, 5) is 18.9. The lowest BCUT2D eigenvalue weighted by molar-refractivity contribution is -0.147. The Hall–Kier alpha value is -2.96. The Morgan fingerprint density at radius 1 is 1.16 bits per heavy atom. The first-order valence-corrected chi connectivity index (χ1v) is 10.6. The first kappa shape index (κ1) is 21.3. The summed E-state index contributed by atoms with van der Waals surface area (Å²) in [6.45, 7) is 8.85. The molecule has 0 aliphatic carbocycles. The number of hydrogen-bond acceptors (Lipinski definition) is 5. The molecular formula is C25H28N2O4. The molecule has 2 heterocycles. The van der Waals surface area contributed by atoms with Gasteiger partial charge in [0.15, 0.2) is 0 Å². The van der Waals surface area contributed by atoms with Crippen LogP contribution >= 0.6 is 0 Å². The second kappa shape index (κ2) is 8.65. The highest BCUT2D eigenvalue weighted by molar-refractivity contribution is 5.87. The van der Waals surface area contributed by atoms with E-state index in [0.717, 1.165) is 33.4 Å². The lowest BCUT2D eigenvalue weighted by Gasteiger charge is -2.27. The molecule has 6 nitrogen and oxygen atoms in total. The van der Waals surface area contributed by atoms with Crippen molar-refractivity contribution in [3.63, 3.8) is 0 Å². The van der Waals surface area contributed by atoms with E-state index in [0.29, 0.717) is 19.8 Å². The molecule has 0 N–H and O–H groups in total. The standard InChI is InChI=1S/C25H28N2O4/c1-5-27(24(28)31-25(2,3)4)20-11-8-9-17(13-20)15-29-23-22-19(16-30-23)14-18-10-6-7-12-21(18)26-22/h6-14,23H,5,15-16H2,1-4H3. The van der Waals surface area contributed by atoms with E-state index in [9.17, 15) is 4.79 Å². The average molecular weight is 421 g/mol. The first-order valence-electron chi connectivity index (χ1n) is 10.6. The van der Waals surface area contributed by atoms with Gasteiger partial charge in [-0.05, 0) is 57.5 Å². The molecule has 0 spiro atoms. The van der Waals surface area contributed by atoms with Crippen LogP contribution in [0.1, 0.15) is 50.8 Å². The molecule has 3 aromatic rings. The predicted octanol–water partition coefficient (Wildman–Crippen LogP) is 5.74. The van der Waals surface area contributed by atoms with Crippen molar-refractivity contribution < 1.29 is 19.0 Å². The number of anilines is 1. The van der Waals surface area contributed by atoms with Crippen LogP contribution in [0.2, 0.25) is 0 Å². The summed E-state index contributed by atoms with van der Waals surface area (Å²) in [5.41, 5.74) is 3.99. The van der Waals surface area contributed by atoms with E-state index in [4.69, 9.17) is 19.2 Å². The van der Waals surface area contributed by atoms with Crippen molar-refractivity contribution in [1.29, 1.82) is 0 Å². The largest absolute Gasteiger partial charge is 0.443 e. The molecule has 0 saturated heterocycles. The van der Waals surface area contributed by atoms with Gasteiger partial charge in [-0.15, -0.1) is 0 Å². The molecule has 1 aliphatic heterocycles. The van der Waals surface area contributed by atoms with Gasteiger partial charge in [-0.1, -0.05) is 30.3 Å². The van der Waals surface area contributed by atoms with Crippen molar-refractivity contribution in [2.45, 2.75) is 52.8 Å². The minimum absolute atomic E-state index is 0.346. The van der Waals surface area contributed by atoms with Gasteiger partial charge in [0, 0.05) is 23.2 Å². The van der Waals surface area contributed by atoms with E-state index in [1.807, 2.05) is 76.2 Å². The highest BCUT2D eigenvalue weighted by Gasteiger charge is 2.27. The molecule has 0 saturated carbocycles. The van der Waals surface area contributed by atoms with E-state index in [1.54, 1.807) is 4.90 Å². The molecule has 1 aromatic heterocycles. The molecule has 6 heteroatoms. The quantitative estimate of drug-likeness (QED) is 0.527. The third-order valence-corrected chi connectivity index (χ3v) is 5.00. The van der Waals surface area contributed by atoms with Crippen LogP contribution in [0.15, 0.2) is 54.6 Å². The summed E-state index contributed by atoms with van der Waals surface area (Å²) >= 11 is 0. The maximum atomic E-state index is 12.6. The van der Waals surface area contributed by atoms with Crippen molar-refractivity contribution in [2.75, 3.05) is 11.4 Å². The Bertz CT molecular complexity index is 1090. The number of carbonyl (C=O) groups excluding carboxylic acids is 1. The smallest absolute Gasteiger partial charge is 0.414 e. The Morgan fingerprint density at radius 2 is 1.97 bits per heavy atom. The molecule has 1 atom stereocenters. The number of rotatable bonds is 5. The van der Waals surface area contributed by atoms with Crippen LogP contribution in [0.3, 0.4) is 0 Å². The monoisotopic (exact) mass is 420 g/mol. The molecule has 2 aromatic carbocycles. The molecule has 4 rings (SSSR count). The number of aromatic nitrogens is 1. The van der Waals surface area contributed by atoms with Crippen LogP contribution in [-0.4, -0.2) is 23.2 Å². The maximum absolute atomic E-state index is 12.6. The Labute approximate surface area is 182 Å². The van der Waals surface area contributed by atoms with Gasteiger partial charge in [0.2, 0.25) is 6.29 Å². The highest BCUT2D eigenvalue weighted by Crippen LogP contribution is 2.33. The van der Waals surface area contributed by atoms with Gasteiger partial charge < -0.3 is 14.2 Å². The summed E-state index contributed by atoms with van der Waals surface area (Å²) in [5.74, 6) is 0. The summed E-state index contributed by atoms with van der Waals surface area (Å²) in [5, 5.41) is 1.10. The van der Waals surface area contributed by atoms with Crippen LogP contribution in [0.4, 0.5) is 10.5 Å². The highest BCUT2D eigenvalue weighted by atomic mass is 16.7. The zero-order chi connectivity index (χ0) is 22.0. The zero-order valence-electron chi connectivity index (χ0n) is 18.4. The van der Waals surface area contributed by atoms with E-state index in [1.165, 1.54) is 0 Å². The number of ether oxygens (including phenoxy) is 3. The number of pyridine rings is 1. The second-order valence-corrected chi connectivity index (χ2v) is 8.57. The van der Waals surface area contributed by atoms with Crippen LogP contribution in [0.5, 0.6) is 0 Å². The number of para-hydroxylation sites is 1. The fourth-order valence-electron chi connectivity index (χ4n) is 3.59. The lowest BCUT2D eigenvalue weighted by Crippen LogP contribution is -2.36. The normalized spacial score (nSPS) is 15.7. The number of nitrogens with zero attached hydrogens (tertiary/aromatic N) is 2. The zero-order valence-corrected chi connectivity index (χ0v) is 18.4. The Balaban J connectivity index is 1.47. The number of fused-ring (bicyclic) bond motifs is 2. The van der Waals surface area contributed by atoms with E-state index < -0.39 is 11.9 Å². The third kappa shape index (κ3) is 4.86. The molecule has 0 fully saturated rings. The van der Waals surface area contributed by atoms with E-state index in [-0.39, 0.29) is 6.09 Å². The van der Waals surface area contributed by atoms with Gasteiger partial charge in [0.05, 0.1) is 18.7 Å². The van der Waals surface area contributed by atoms with Gasteiger partial charge in [0.25, 0.3) is 0 Å². The van der Waals surface area contributed by atoms with Gasteiger partial charge in [-0.3, -0.25) is 4.90 Å². The summed E-state index contributed by atoms with van der Waals surface area (Å²) in [7, 11) is 0. The van der Waals surface area contributed by atoms with Crippen molar-refractivity contribution in [3.8, 4) is 0 Å². The van der Waals surface area contributed by atoms with Crippen LogP contribution in [-0.2, 0) is 27.4 Å². The number of hydrogen-bond donors (Lipinski definition) is 0. The van der Waals surface area contributed by atoms with Crippen molar-refractivity contribution in [3.05, 3.63) is 71.4 Å². The predicted molar refractivity (Wildman–Crippen MR) is 120 cm³/mol. The van der Waals surface area contributed by atoms with Crippen LogP contribution in [0, 0.1) is 0 Å². The molecule has 1 aliphatic rings. The fraction of sp³-hybridized carbons (Fsp3) is 0.360. The fourth-order valence-corrected chi connectivity index (χ4v) is 3.59. The van der Waals surface area contributed by atoms with Gasteiger partial charge in [-0.2, -0.15) is 0 Å². The van der Waals surface area contributed by atoms with Crippen molar-refractivity contribution in [1.82, 2.24) is 4.98 Å². The first-order chi connectivity index (χ1) is 14.8. The number of benzene rings is 2. The van der Waals surface area contributed by atoms with E-state index in [2.05, 4.69) is 6.07 Å². The maximum Gasteiger partial charge on any atom is 0.414 e. The Morgan fingerprint density at radius 3 is 2.74 bits per heavy atom. The number of amides is 1. The summed E-state index contributed by atoms with van der Waals surface area (Å²) in [6.07, 6.45) is -0.867. The summed E-state index contributed by atoms with van der Waals surface area (Å²) < 4.78 is 17.4. The molecule has 0 radical (unpaired) electrons. The van der Waals surface area contributed by atoms with Gasteiger partial charge in [-0.25, -0.2) is 9.78 Å². The molecule has 31 heavy (non-hydrogen) atoms. The molecule has 0 bridgehead atoms. The number of carbonyl (C=O) groups is 1. The van der Waals surface area contributed by atoms with Gasteiger partial charge >= 0.3 is 6.09 Å². The van der Waals surface area contributed by atoms with Crippen molar-refractivity contribution in [2.24, 2.45) is 0 Å². The van der Waals surface area contributed by atoms with Crippen molar-refractivity contribution >= 4 is 22.7 Å². The SMILES string of the molecule is CCN(C(=O)OC(C)(C)C)c1cccc(COC2OCc3cc4ccccc4nc32)c1. The lowest BCUT2D eigenvalue weighted by atomic mass is 10.1. The average Bonchev–Trinajstić information content (AvgIpc) is 3.12.